The van der Waals surface area contributed by atoms with Crippen LogP contribution < -0.4 is 16.0 Å². The minimum Gasteiger partial charge on any atom is -0.504 e. The molecular formula is C24H20FN3O4. The predicted octanol–water partition coefficient (Wildman–Crippen LogP) is 3.17. The lowest BCUT2D eigenvalue weighted by atomic mass is 9.84. The number of pyridine rings is 1. The lowest BCUT2D eigenvalue weighted by Gasteiger charge is -2.27. The second kappa shape index (κ2) is 8.12. The number of phenols is 2. The van der Waals surface area contributed by atoms with Crippen molar-refractivity contribution in [1.29, 1.82) is 5.26 Å². The van der Waals surface area contributed by atoms with Gasteiger partial charge < -0.3 is 25.3 Å². The topological polar surface area (TPSA) is 122 Å². The number of aryl methyl sites for hydroxylation is 2. The Morgan fingerprint density at radius 2 is 1.88 bits per heavy atom. The standard InChI is InChI=1S/C24H20FN3O4/c1-13-10-20-22(24(31)28(13)9-8-14-2-7-18(29)19(30)11-14)21(17(12-26)23(27)32-20)15-3-5-16(25)6-4-15/h2-7,10-11,21,29-30H,8-9,27H2,1H3. The fourth-order valence-electron chi connectivity index (χ4n) is 3.92. The maximum absolute atomic E-state index is 13.5. The number of rotatable bonds is 4. The Hall–Kier alpha value is -4.25. The van der Waals surface area contributed by atoms with Gasteiger partial charge in [-0.25, -0.2) is 4.39 Å². The summed E-state index contributed by atoms with van der Waals surface area (Å²) in [5, 5.41) is 28.9. The van der Waals surface area contributed by atoms with E-state index in [-0.39, 0.29) is 39.8 Å². The van der Waals surface area contributed by atoms with Crippen molar-refractivity contribution in [2.24, 2.45) is 5.73 Å². The van der Waals surface area contributed by atoms with Crippen LogP contribution >= 0.6 is 0 Å². The monoisotopic (exact) mass is 433 g/mol. The van der Waals surface area contributed by atoms with Crippen molar-refractivity contribution in [3.05, 3.63) is 98.5 Å². The summed E-state index contributed by atoms with van der Waals surface area (Å²) in [4.78, 5) is 13.5. The van der Waals surface area contributed by atoms with Crippen molar-refractivity contribution in [2.75, 3.05) is 0 Å². The van der Waals surface area contributed by atoms with Crippen LogP contribution in [0.25, 0.3) is 0 Å². The molecule has 1 aliphatic heterocycles. The van der Waals surface area contributed by atoms with E-state index in [0.29, 0.717) is 24.2 Å². The maximum Gasteiger partial charge on any atom is 0.258 e. The van der Waals surface area contributed by atoms with E-state index >= 15 is 0 Å². The smallest absolute Gasteiger partial charge is 0.258 e. The SMILES string of the molecule is Cc1cc2c(c(=O)n1CCc1ccc(O)c(O)c1)C(c1ccc(F)cc1)C(C#N)=C(N)O2. The summed E-state index contributed by atoms with van der Waals surface area (Å²) in [7, 11) is 0. The molecular weight excluding hydrogens is 413 g/mol. The molecule has 0 amide bonds. The highest BCUT2D eigenvalue weighted by Crippen LogP contribution is 2.40. The van der Waals surface area contributed by atoms with Gasteiger partial charge in [0.2, 0.25) is 5.88 Å². The molecule has 1 atom stereocenters. The molecule has 0 aliphatic carbocycles. The maximum atomic E-state index is 13.5. The number of hydrogen-bond acceptors (Lipinski definition) is 6. The Morgan fingerprint density at radius 3 is 2.53 bits per heavy atom. The van der Waals surface area contributed by atoms with E-state index in [1.54, 1.807) is 23.6 Å². The molecule has 7 nitrogen and oxygen atoms in total. The summed E-state index contributed by atoms with van der Waals surface area (Å²) in [6.07, 6.45) is 0.415. The van der Waals surface area contributed by atoms with E-state index in [4.69, 9.17) is 10.5 Å². The molecule has 162 valence electrons. The number of nitrogens with zero attached hydrogens (tertiary/aromatic N) is 2. The molecule has 4 rings (SSSR count). The van der Waals surface area contributed by atoms with Crippen LogP contribution in [-0.2, 0) is 13.0 Å². The summed E-state index contributed by atoms with van der Waals surface area (Å²) in [6.45, 7) is 2.05. The van der Waals surface area contributed by atoms with Crippen molar-refractivity contribution < 1.29 is 19.3 Å². The number of fused-ring (bicyclic) bond motifs is 1. The van der Waals surface area contributed by atoms with E-state index < -0.39 is 11.7 Å². The van der Waals surface area contributed by atoms with Crippen molar-refractivity contribution >= 4 is 0 Å². The van der Waals surface area contributed by atoms with Crippen LogP contribution in [0.15, 0.2) is 64.8 Å². The number of benzene rings is 2. The number of allylic oxidation sites excluding steroid dienone is 1. The molecule has 0 bridgehead atoms. The zero-order valence-electron chi connectivity index (χ0n) is 17.2. The number of hydrogen-bond donors (Lipinski definition) is 3. The molecule has 3 aromatic rings. The molecule has 2 aromatic carbocycles. The van der Waals surface area contributed by atoms with Gasteiger partial charge in [-0.2, -0.15) is 5.26 Å². The molecule has 2 heterocycles. The minimum absolute atomic E-state index is 0.0834. The molecule has 0 spiro atoms. The average Bonchev–Trinajstić information content (AvgIpc) is 2.75. The third-order valence-corrected chi connectivity index (χ3v) is 5.56. The Morgan fingerprint density at radius 1 is 1.16 bits per heavy atom. The highest BCUT2D eigenvalue weighted by Gasteiger charge is 2.34. The highest BCUT2D eigenvalue weighted by atomic mass is 19.1. The Bertz CT molecular complexity index is 1340. The first kappa shape index (κ1) is 21.0. The van der Waals surface area contributed by atoms with Gasteiger partial charge in [-0.15, -0.1) is 0 Å². The second-order valence-electron chi connectivity index (χ2n) is 7.57. The summed E-state index contributed by atoms with van der Waals surface area (Å²) >= 11 is 0. The van der Waals surface area contributed by atoms with Crippen molar-refractivity contribution in [2.45, 2.75) is 25.8 Å². The number of halogens is 1. The molecule has 0 radical (unpaired) electrons. The largest absolute Gasteiger partial charge is 0.504 e. The fraction of sp³-hybridized carbons (Fsp3) is 0.167. The molecule has 1 aliphatic rings. The number of aromatic hydroxyl groups is 2. The van der Waals surface area contributed by atoms with Gasteiger partial charge in [0.25, 0.3) is 5.56 Å². The Labute approximate surface area is 183 Å². The Balaban J connectivity index is 1.80. The van der Waals surface area contributed by atoms with Gasteiger partial charge in [-0.3, -0.25) is 4.79 Å². The highest BCUT2D eigenvalue weighted by molar-refractivity contribution is 5.55. The predicted molar refractivity (Wildman–Crippen MR) is 115 cm³/mol. The average molecular weight is 433 g/mol. The van der Waals surface area contributed by atoms with Crippen molar-refractivity contribution in [3.8, 4) is 23.3 Å². The van der Waals surface area contributed by atoms with Crippen molar-refractivity contribution in [1.82, 2.24) is 4.57 Å². The summed E-state index contributed by atoms with van der Waals surface area (Å²) in [6, 6.07) is 13.8. The third kappa shape index (κ3) is 3.65. The number of nitrogens with two attached hydrogens (primary N) is 1. The van der Waals surface area contributed by atoms with Gasteiger partial charge in [0.05, 0.1) is 11.5 Å². The molecule has 1 unspecified atom stereocenters. The van der Waals surface area contributed by atoms with Gasteiger partial charge in [-0.1, -0.05) is 18.2 Å². The van der Waals surface area contributed by atoms with Crippen LogP contribution in [0.5, 0.6) is 17.2 Å². The molecule has 32 heavy (non-hydrogen) atoms. The van der Waals surface area contributed by atoms with Gasteiger partial charge in [0, 0.05) is 18.3 Å². The molecule has 1 aromatic heterocycles. The first-order valence-corrected chi connectivity index (χ1v) is 9.88. The third-order valence-electron chi connectivity index (χ3n) is 5.56. The van der Waals surface area contributed by atoms with Crippen molar-refractivity contribution in [3.63, 3.8) is 0 Å². The first-order chi connectivity index (χ1) is 15.3. The summed E-state index contributed by atoms with van der Waals surface area (Å²) in [5.41, 5.74) is 7.86. The van der Waals surface area contributed by atoms with E-state index in [9.17, 15) is 24.7 Å². The van der Waals surface area contributed by atoms with E-state index in [2.05, 4.69) is 0 Å². The zero-order chi connectivity index (χ0) is 23.0. The number of phenolic OH excluding ortho intramolecular Hbond substituents is 2. The van der Waals surface area contributed by atoms with E-state index in [1.165, 1.54) is 36.4 Å². The first-order valence-electron chi connectivity index (χ1n) is 9.88. The quantitative estimate of drug-likeness (QED) is 0.544. The fourth-order valence-corrected chi connectivity index (χ4v) is 3.92. The van der Waals surface area contributed by atoms with Gasteiger partial charge in [0.1, 0.15) is 23.2 Å². The molecule has 4 N–H and O–H groups in total. The van der Waals surface area contributed by atoms with Crippen LogP contribution in [-0.4, -0.2) is 14.8 Å². The molecule has 8 heteroatoms. The van der Waals surface area contributed by atoms with Crippen LogP contribution in [0.1, 0.15) is 28.3 Å². The van der Waals surface area contributed by atoms with Crippen LogP contribution in [0, 0.1) is 24.1 Å². The van der Waals surface area contributed by atoms with Gasteiger partial charge >= 0.3 is 0 Å². The molecule has 0 fully saturated rings. The van der Waals surface area contributed by atoms with Gasteiger partial charge in [0.15, 0.2) is 11.5 Å². The van der Waals surface area contributed by atoms with E-state index in [0.717, 1.165) is 5.56 Å². The minimum atomic E-state index is -0.790. The zero-order valence-corrected chi connectivity index (χ0v) is 17.2. The second-order valence-corrected chi connectivity index (χ2v) is 7.57. The number of nitriles is 1. The molecule has 0 saturated carbocycles. The normalized spacial score (nSPS) is 15.1. The lowest BCUT2D eigenvalue weighted by molar-refractivity contribution is 0.388. The molecule has 0 saturated heterocycles. The number of ether oxygens (including phenoxy) is 1. The lowest BCUT2D eigenvalue weighted by Crippen LogP contribution is -2.33. The van der Waals surface area contributed by atoms with Gasteiger partial charge in [-0.05, 0) is 48.7 Å². The number of aromatic nitrogens is 1. The summed E-state index contributed by atoms with van der Waals surface area (Å²) in [5.74, 6) is -1.51. The van der Waals surface area contributed by atoms with Crippen LogP contribution in [0.3, 0.4) is 0 Å². The Kier molecular flexibility index (Phi) is 5.33. The van der Waals surface area contributed by atoms with E-state index in [1.807, 2.05) is 6.07 Å². The van der Waals surface area contributed by atoms with Crippen LogP contribution in [0.2, 0.25) is 0 Å². The summed E-state index contributed by atoms with van der Waals surface area (Å²) < 4.78 is 20.7. The van der Waals surface area contributed by atoms with Crippen LogP contribution in [0.4, 0.5) is 4.39 Å².